The molecule has 2 aliphatic rings. The molecular weight excluding hydrogens is 364 g/mol. The molecule has 3 heterocycles. The van der Waals surface area contributed by atoms with E-state index in [2.05, 4.69) is 0 Å². The molecule has 28 heavy (non-hydrogen) atoms. The summed E-state index contributed by atoms with van der Waals surface area (Å²) in [7, 11) is 1.30. The Labute approximate surface area is 160 Å². The predicted molar refractivity (Wildman–Crippen MR) is 99.7 cm³/mol. The van der Waals surface area contributed by atoms with Crippen LogP contribution in [0.3, 0.4) is 0 Å². The van der Waals surface area contributed by atoms with Gasteiger partial charge in [0.15, 0.2) is 0 Å². The molecule has 2 fully saturated rings. The molecule has 2 aliphatic heterocycles. The number of methoxy groups -OCH3 is 1. The van der Waals surface area contributed by atoms with Crippen LogP contribution in [0.5, 0.6) is 0 Å². The number of carbonyl (C=O) groups is 3. The van der Waals surface area contributed by atoms with Gasteiger partial charge in [0.05, 0.1) is 12.8 Å². The fraction of sp³-hybridized carbons (Fsp3) is 0.400. The van der Waals surface area contributed by atoms with Crippen molar-refractivity contribution in [2.24, 2.45) is 0 Å². The smallest absolute Gasteiger partial charge is 0.338 e. The van der Waals surface area contributed by atoms with E-state index in [0.29, 0.717) is 42.5 Å². The molecule has 0 aliphatic carbocycles. The molecule has 1 aromatic heterocycles. The summed E-state index contributed by atoms with van der Waals surface area (Å²) in [6.07, 6.45) is 1.76. The van der Waals surface area contributed by atoms with Gasteiger partial charge in [0.2, 0.25) is 11.8 Å². The lowest BCUT2D eigenvalue weighted by molar-refractivity contribution is -0.151. The zero-order valence-corrected chi connectivity index (χ0v) is 15.4. The van der Waals surface area contributed by atoms with Crippen LogP contribution in [0.1, 0.15) is 25.7 Å². The Hall–Kier alpha value is -3.16. The van der Waals surface area contributed by atoms with Crippen LogP contribution >= 0.6 is 0 Å². The molecule has 0 unspecified atom stereocenters. The van der Waals surface area contributed by atoms with Crippen LogP contribution in [-0.2, 0) is 19.1 Å². The highest BCUT2D eigenvalue weighted by Crippen LogP contribution is 2.33. The van der Waals surface area contributed by atoms with Crippen molar-refractivity contribution in [1.29, 1.82) is 0 Å². The number of fused-ring (bicyclic) bond motifs is 1. The predicted octanol–water partition coefficient (Wildman–Crippen LogP) is 1.45. The normalized spacial score (nSPS) is 22.1. The number of rotatable bonds is 3. The van der Waals surface area contributed by atoms with Crippen LogP contribution in [0, 0.1) is 0 Å². The minimum Gasteiger partial charge on any atom is -0.467 e. The maximum atomic E-state index is 13.3. The lowest BCUT2D eigenvalue weighted by Gasteiger charge is -2.30. The van der Waals surface area contributed by atoms with Crippen LogP contribution < -0.4 is 10.5 Å². The maximum Gasteiger partial charge on any atom is 0.338 e. The van der Waals surface area contributed by atoms with E-state index in [1.807, 2.05) is 0 Å². The third kappa shape index (κ3) is 2.94. The molecule has 2 amide bonds. The standard InChI is InChI=1S/C20H20N2O6/c1-27-20(26)14-6-4-10-21(14)19(25)13-8-9-17(23)22(13)15-11-18(24)28-16-7-3-2-5-12(15)16/h2-3,5,7,11,13-14H,4,6,8-10H2,1H3/t13-,14-/m0/s1. The Morgan fingerprint density at radius 3 is 2.71 bits per heavy atom. The quantitative estimate of drug-likeness (QED) is 0.587. The number of hydrogen-bond donors (Lipinski definition) is 0. The Morgan fingerprint density at radius 1 is 1.14 bits per heavy atom. The summed E-state index contributed by atoms with van der Waals surface area (Å²) in [4.78, 5) is 52.8. The number of esters is 1. The number of nitrogens with zero attached hydrogens (tertiary/aromatic N) is 2. The van der Waals surface area contributed by atoms with Crippen LogP contribution in [-0.4, -0.2) is 48.4 Å². The lowest BCUT2D eigenvalue weighted by atomic mass is 10.1. The number of carbonyl (C=O) groups excluding carboxylic acids is 3. The molecule has 8 heteroatoms. The monoisotopic (exact) mass is 384 g/mol. The van der Waals surface area contributed by atoms with Gasteiger partial charge in [0, 0.05) is 24.4 Å². The van der Waals surface area contributed by atoms with E-state index in [0.717, 1.165) is 0 Å². The van der Waals surface area contributed by atoms with Crippen molar-refractivity contribution in [2.75, 3.05) is 18.6 Å². The first-order valence-electron chi connectivity index (χ1n) is 9.24. The molecule has 2 aromatic rings. The number of benzene rings is 1. The summed E-state index contributed by atoms with van der Waals surface area (Å²) in [5.41, 5.74) is 0.124. The van der Waals surface area contributed by atoms with Crippen molar-refractivity contribution in [3.05, 3.63) is 40.8 Å². The van der Waals surface area contributed by atoms with E-state index in [1.165, 1.54) is 23.0 Å². The highest BCUT2D eigenvalue weighted by atomic mass is 16.5. The lowest BCUT2D eigenvalue weighted by Crippen LogP contribution is -2.50. The average molecular weight is 384 g/mol. The molecule has 0 bridgehead atoms. The third-order valence-electron chi connectivity index (χ3n) is 5.39. The molecule has 0 radical (unpaired) electrons. The van der Waals surface area contributed by atoms with Gasteiger partial charge < -0.3 is 14.1 Å². The Bertz CT molecular complexity index is 1010. The highest BCUT2D eigenvalue weighted by molar-refractivity contribution is 6.09. The summed E-state index contributed by atoms with van der Waals surface area (Å²) in [5, 5.41) is 0.584. The van der Waals surface area contributed by atoms with Gasteiger partial charge in [-0.1, -0.05) is 12.1 Å². The van der Waals surface area contributed by atoms with Gasteiger partial charge in [0.1, 0.15) is 17.7 Å². The van der Waals surface area contributed by atoms with Crippen molar-refractivity contribution < 1.29 is 23.5 Å². The molecule has 4 rings (SSSR count). The molecule has 1 aromatic carbocycles. The molecule has 2 saturated heterocycles. The van der Waals surface area contributed by atoms with Crippen LogP contribution in [0.2, 0.25) is 0 Å². The van der Waals surface area contributed by atoms with Gasteiger partial charge in [0.25, 0.3) is 0 Å². The first kappa shape index (κ1) is 18.2. The van der Waals surface area contributed by atoms with Gasteiger partial charge in [-0.05, 0) is 31.4 Å². The minimum absolute atomic E-state index is 0.196. The highest BCUT2D eigenvalue weighted by Gasteiger charge is 2.44. The number of hydrogen-bond acceptors (Lipinski definition) is 6. The van der Waals surface area contributed by atoms with Crippen LogP contribution in [0.25, 0.3) is 11.0 Å². The number of anilines is 1. The van der Waals surface area contributed by atoms with Crippen molar-refractivity contribution in [3.63, 3.8) is 0 Å². The fourth-order valence-electron chi connectivity index (χ4n) is 4.12. The van der Waals surface area contributed by atoms with Gasteiger partial charge in [-0.3, -0.25) is 14.5 Å². The second-order valence-electron chi connectivity index (χ2n) is 6.98. The van der Waals surface area contributed by atoms with Crippen LogP contribution in [0.4, 0.5) is 5.69 Å². The molecule has 2 atom stereocenters. The van der Waals surface area contributed by atoms with Crippen molar-refractivity contribution in [1.82, 2.24) is 4.90 Å². The van der Waals surface area contributed by atoms with Gasteiger partial charge >= 0.3 is 11.6 Å². The summed E-state index contributed by atoms with van der Waals surface area (Å²) in [6.45, 7) is 0.439. The average Bonchev–Trinajstić information content (AvgIpc) is 3.33. The SMILES string of the molecule is COC(=O)[C@@H]1CCCN1C(=O)[C@@H]1CCC(=O)N1c1cc(=O)oc2ccccc12. The number of amides is 2. The Balaban J connectivity index is 1.73. The molecule has 146 valence electrons. The Morgan fingerprint density at radius 2 is 1.93 bits per heavy atom. The summed E-state index contributed by atoms with van der Waals surface area (Å²) in [6, 6.07) is 6.74. The van der Waals surface area contributed by atoms with E-state index < -0.39 is 23.7 Å². The van der Waals surface area contributed by atoms with Crippen molar-refractivity contribution >= 4 is 34.4 Å². The second-order valence-corrected chi connectivity index (χ2v) is 6.98. The van der Waals surface area contributed by atoms with E-state index in [9.17, 15) is 19.2 Å². The van der Waals surface area contributed by atoms with E-state index >= 15 is 0 Å². The summed E-state index contributed by atoms with van der Waals surface area (Å²) in [5.74, 6) is -0.980. The van der Waals surface area contributed by atoms with Gasteiger partial charge in [-0.25, -0.2) is 9.59 Å². The number of para-hydroxylation sites is 1. The Kier molecular flexibility index (Phi) is 4.62. The van der Waals surface area contributed by atoms with Gasteiger partial charge in [-0.2, -0.15) is 0 Å². The summed E-state index contributed by atoms with van der Waals surface area (Å²) < 4.78 is 10.0. The van der Waals surface area contributed by atoms with E-state index in [-0.39, 0.29) is 18.2 Å². The molecular formula is C20H20N2O6. The minimum atomic E-state index is -0.761. The zero-order chi connectivity index (χ0) is 19.8. The van der Waals surface area contributed by atoms with Crippen LogP contribution in [0.15, 0.2) is 39.5 Å². The third-order valence-corrected chi connectivity index (χ3v) is 5.39. The topological polar surface area (TPSA) is 97.1 Å². The molecule has 0 saturated carbocycles. The number of likely N-dealkylation sites (tertiary alicyclic amines) is 1. The summed E-state index contributed by atoms with van der Waals surface area (Å²) >= 11 is 0. The van der Waals surface area contributed by atoms with Gasteiger partial charge in [-0.15, -0.1) is 0 Å². The number of ether oxygens (including phenoxy) is 1. The largest absolute Gasteiger partial charge is 0.467 e. The first-order valence-corrected chi connectivity index (χ1v) is 9.24. The molecule has 8 nitrogen and oxygen atoms in total. The second kappa shape index (κ2) is 7.10. The van der Waals surface area contributed by atoms with E-state index in [1.54, 1.807) is 24.3 Å². The maximum absolute atomic E-state index is 13.3. The fourth-order valence-corrected chi connectivity index (χ4v) is 4.12. The van der Waals surface area contributed by atoms with E-state index in [4.69, 9.17) is 9.15 Å². The molecule has 0 N–H and O–H groups in total. The zero-order valence-electron chi connectivity index (χ0n) is 15.4. The van der Waals surface area contributed by atoms with Crippen molar-refractivity contribution in [2.45, 2.75) is 37.8 Å². The van der Waals surface area contributed by atoms with Crippen molar-refractivity contribution in [3.8, 4) is 0 Å². The first-order chi connectivity index (χ1) is 13.5. The molecule has 0 spiro atoms.